The van der Waals surface area contributed by atoms with Crippen LogP contribution in [0.3, 0.4) is 0 Å². The number of carbonyl (C=O) groups is 1. The van der Waals surface area contributed by atoms with Crippen molar-refractivity contribution in [3.8, 4) is 5.75 Å². The first kappa shape index (κ1) is 15.8. The highest BCUT2D eigenvalue weighted by Crippen LogP contribution is 2.18. The third-order valence-corrected chi connectivity index (χ3v) is 3.88. The molecule has 0 saturated heterocycles. The largest absolute Gasteiger partial charge is 0.497 e. The summed E-state index contributed by atoms with van der Waals surface area (Å²) in [6.07, 6.45) is 0. The summed E-state index contributed by atoms with van der Waals surface area (Å²) < 4.78 is 6.62. The van der Waals surface area contributed by atoms with E-state index in [4.69, 9.17) is 4.74 Å². The topological polar surface area (TPSA) is 60.3 Å². The summed E-state index contributed by atoms with van der Waals surface area (Å²) in [5.74, 6) is 0.394. The van der Waals surface area contributed by atoms with Gasteiger partial charge in [-0.1, -0.05) is 24.3 Å². The molecule has 1 heterocycles. The van der Waals surface area contributed by atoms with Crippen LogP contribution in [0, 0.1) is 6.92 Å². The molecule has 122 valence electrons. The fraction of sp³-hybridized carbons (Fsp3) is 0.158. The number of nitrogens with one attached hydrogen (secondary N) is 1. The molecule has 1 amide bonds. The molecular weight excluding hydrogens is 304 g/mol. The van der Waals surface area contributed by atoms with E-state index in [0.717, 1.165) is 16.5 Å². The van der Waals surface area contributed by atoms with Crippen molar-refractivity contribution >= 4 is 22.5 Å². The summed E-state index contributed by atoms with van der Waals surface area (Å²) in [6.45, 7) is 1.85. The minimum Gasteiger partial charge on any atom is -0.497 e. The van der Waals surface area contributed by atoms with Gasteiger partial charge < -0.3 is 10.1 Å². The number of para-hydroxylation sites is 1. The summed E-state index contributed by atoms with van der Waals surface area (Å²) in [5, 5.41) is 3.76. The van der Waals surface area contributed by atoms with Crippen molar-refractivity contribution in [2.24, 2.45) is 0 Å². The van der Waals surface area contributed by atoms with E-state index in [-0.39, 0.29) is 18.0 Å². The van der Waals surface area contributed by atoms with Crippen LogP contribution in [0.15, 0.2) is 59.4 Å². The second-order valence-corrected chi connectivity index (χ2v) is 5.55. The maximum Gasteiger partial charge on any atom is 0.251 e. The monoisotopic (exact) mass is 322 g/mol. The first-order valence-electron chi connectivity index (χ1n) is 7.61. The van der Waals surface area contributed by atoms with Crippen LogP contribution in [0.5, 0.6) is 5.75 Å². The van der Waals surface area contributed by atoms with E-state index in [1.54, 1.807) is 37.4 Å². The number of nitrogens with zero attached hydrogens (tertiary/aromatic N) is 1. The molecule has 3 aromatic rings. The zero-order chi connectivity index (χ0) is 17.1. The first-order chi connectivity index (χ1) is 11.6. The van der Waals surface area contributed by atoms with Crippen LogP contribution in [0.1, 0.15) is 5.56 Å². The summed E-state index contributed by atoms with van der Waals surface area (Å²) >= 11 is 0. The number of carbonyl (C=O) groups excluding carboxylic acids is 1. The highest BCUT2D eigenvalue weighted by molar-refractivity contribution is 5.92. The molecule has 0 radical (unpaired) electrons. The fourth-order valence-corrected chi connectivity index (χ4v) is 2.71. The second-order valence-electron chi connectivity index (χ2n) is 5.55. The zero-order valence-corrected chi connectivity index (χ0v) is 13.6. The lowest BCUT2D eigenvalue weighted by atomic mass is 10.1. The maximum absolute atomic E-state index is 12.4. The van der Waals surface area contributed by atoms with Crippen LogP contribution in [0.2, 0.25) is 0 Å². The molecule has 0 atom stereocenters. The van der Waals surface area contributed by atoms with Gasteiger partial charge in [-0.15, -0.1) is 0 Å². The molecule has 0 unspecified atom stereocenters. The van der Waals surface area contributed by atoms with Crippen LogP contribution in [-0.2, 0) is 11.3 Å². The number of rotatable bonds is 4. The Morgan fingerprint density at radius 1 is 1.12 bits per heavy atom. The number of aryl methyl sites for hydroxylation is 1. The summed E-state index contributed by atoms with van der Waals surface area (Å²) in [4.78, 5) is 24.7. The van der Waals surface area contributed by atoms with E-state index in [9.17, 15) is 9.59 Å². The molecular formula is C19H18N2O3. The minimum atomic E-state index is -0.264. The van der Waals surface area contributed by atoms with Gasteiger partial charge in [0.2, 0.25) is 5.91 Å². The lowest BCUT2D eigenvalue weighted by Gasteiger charge is -2.12. The molecule has 0 aliphatic rings. The SMILES string of the molecule is COc1cccc(NC(=O)Cn2c(=O)cc(C)c3ccccc32)c1. The number of aromatic nitrogens is 1. The Bertz CT molecular complexity index is 960. The Labute approximate surface area is 139 Å². The van der Waals surface area contributed by atoms with E-state index in [0.29, 0.717) is 11.4 Å². The number of hydrogen-bond acceptors (Lipinski definition) is 3. The van der Waals surface area contributed by atoms with E-state index < -0.39 is 0 Å². The van der Waals surface area contributed by atoms with E-state index >= 15 is 0 Å². The highest BCUT2D eigenvalue weighted by Gasteiger charge is 2.10. The predicted octanol–water partition coefficient (Wildman–Crippen LogP) is 2.96. The number of pyridine rings is 1. The molecule has 1 aromatic heterocycles. The van der Waals surface area contributed by atoms with Gasteiger partial charge >= 0.3 is 0 Å². The molecule has 24 heavy (non-hydrogen) atoms. The Hall–Kier alpha value is -3.08. The molecule has 2 aromatic carbocycles. The summed E-state index contributed by atoms with van der Waals surface area (Å²) in [5.41, 5.74) is 2.10. The molecule has 0 bridgehead atoms. The van der Waals surface area contributed by atoms with Crippen LogP contribution < -0.4 is 15.6 Å². The average Bonchev–Trinajstić information content (AvgIpc) is 2.59. The number of methoxy groups -OCH3 is 1. The Balaban J connectivity index is 1.89. The third kappa shape index (κ3) is 3.15. The number of anilines is 1. The van der Waals surface area contributed by atoms with Crippen molar-refractivity contribution in [1.82, 2.24) is 4.57 Å². The number of amides is 1. The number of fused-ring (bicyclic) bond motifs is 1. The maximum atomic E-state index is 12.4. The van der Waals surface area contributed by atoms with Gasteiger partial charge in [-0.25, -0.2) is 0 Å². The van der Waals surface area contributed by atoms with Gasteiger partial charge in [0.15, 0.2) is 0 Å². The van der Waals surface area contributed by atoms with Crippen LogP contribution in [-0.4, -0.2) is 17.6 Å². The van der Waals surface area contributed by atoms with Crippen molar-refractivity contribution in [3.63, 3.8) is 0 Å². The predicted molar refractivity (Wildman–Crippen MR) is 94.6 cm³/mol. The van der Waals surface area contributed by atoms with Crippen LogP contribution in [0.4, 0.5) is 5.69 Å². The lowest BCUT2D eigenvalue weighted by molar-refractivity contribution is -0.116. The molecule has 3 rings (SSSR count). The smallest absolute Gasteiger partial charge is 0.251 e. The van der Waals surface area contributed by atoms with Gasteiger partial charge in [0.25, 0.3) is 5.56 Å². The lowest BCUT2D eigenvalue weighted by Crippen LogP contribution is -2.27. The van der Waals surface area contributed by atoms with Crippen molar-refractivity contribution in [2.75, 3.05) is 12.4 Å². The number of ether oxygens (including phenoxy) is 1. The van der Waals surface area contributed by atoms with Crippen molar-refractivity contribution in [2.45, 2.75) is 13.5 Å². The second kappa shape index (κ2) is 6.58. The molecule has 1 N–H and O–H groups in total. The Morgan fingerprint density at radius 2 is 1.92 bits per heavy atom. The quantitative estimate of drug-likeness (QED) is 0.803. The third-order valence-electron chi connectivity index (χ3n) is 3.88. The van der Waals surface area contributed by atoms with E-state index in [1.807, 2.05) is 31.2 Å². The van der Waals surface area contributed by atoms with Crippen molar-refractivity contribution in [1.29, 1.82) is 0 Å². The molecule has 5 heteroatoms. The summed E-state index contributed by atoms with van der Waals surface area (Å²) in [7, 11) is 1.57. The van der Waals surface area contributed by atoms with E-state index in [1.165, 1.54) is 4.57 Å². The molecule has 0 spiro atoms. The molecule has 0 fully saturated rings. The molecule has 0 aliphatic heterocycles. The van der Waals surface area contributed by atoms with Crippen LogP contribution >= 0.6 is 0 Å². The molecule has 0 aliphatic carbocycles. The van der Waals surface area contributed by atoms with Gasteiger partial charge in [-0.05, 0) is 30.7 Å². The number of benzene rings is 2. The van der Waals surface area contributed by atoms with Gasteiger partial charge in [0, 0.05) is 23.2 Å². The van der Waals surface area contributed by atoms with Crippen molar-refractivity contribution < 1.29 is 9.53 Å². The van der Waals surface area contributed by atoms with Crippen molar-refractivity contribution in [3.05, 3.63) is 70.5 Å². The van der Waals surface area contributed by atoms with Gasteiger partial charge in [0.05, 0.1) is 12.6 Å². The van der Waals surface area contributed by atoms with Crippen LogP contribution in [0.25, 0.3) is 10.9 Å². The minimum absolute atomic E-state index is 0.0448. The summed E-state index contributed by atoms with van der Waals surface area (Å²) in [6, 6.07) is 16.2. The van der Waals surface area contributed by atoms with Gasteiger partial charge in [-0.3, -0.25) is 14.2 Å². The highest BCUT2D eigenvalue weighted by atomic mass is 16.5. The van der Waals surface area contributed by atoms with Gasteiger partial charge in [0.1, 0.15) is 12.3 Å². The number of hydrogen-bond donors (Lipinski definition) is 1. The zero-order valence-electron chi connectivity index (χ0n) is 13.6. The Morgan fingerprint density at radius 3 is 2.71 bits per heavy atom. The van der Waals surface area contributed by atoms with E-state index in [2.05, 4.69) is 5.32 Å². The van der Waals surface area contributed by atoms with Gasteiger partial charge in [-0.2, -0.15) is 0 Å². The first-order valence-corrected chi connectivity index (χ1v) is 7.61. The average molecular weight is 322 g/mol. The fourth-order valence-electron chi connectivity index (χ4n) is 2.71. The molecule has 0 saturated carbocycles. The molecule has 5 nitrogen and oxygen atoms in total. The normalized spacial score (nSPS) is 10.6. The Kier molecular flexibility index (Phi) is 4.33. The standard InChI is InChI=1S/C19H18N2O3/c1-13-10-19(23)21(17-9-4-3-8-16(13)17)12-18(22)20-14-6-5-7-15(11-14)24-2/h3-11H,12H2,1-2H3,(H,20,22).